The van der Waals surface area contributed by atoms with Gasteiger partial charge in [0, 0.05) is 0 Å². The molecule has 0 N–H and O–H groups in total. The first-order valence-electron chi connectivity index (χ1n) is 5.45. The lowest BCUT2D eigenvalue weighted by Crippen LogP contribution is -2.05. The van der Waals surface area contributed by atoms with Crippen LogP contribution in [0.1, 0.15) is 21.7 Å². The van der Waals surface area contributed by atoms with Crippen molar-refractivity contribution in [2.45, 2.75) is 13.8 Å². The van der Waals surface area contributed by atoms with Crippen LogP contribution in [0.2, 0.25) is 0 Å². The molecule has 2 aromatic rings. The van der Waals surface area contributed by atoms with Crippen LogP contribution >= 0.6 is 22.6 Å². The van der Waals surface area contributed by atoms with E-state index >= 15 is 0 Å². The van der Waals surface area contributed by atoms with E-state index in [1.54, 1.807) is 4.68 Å². The largest absolute Gasteiger partial charge is 0.464 e. The Kier molecular flexibility index (Phi) is 3.70. The van der Waals surface area contributed by atoms with Crippen molar-refractivity contribution in [3.63, 3.8) is 0 Å². The molecule has 0 aliphatic rings. The molecule has 0 bridgehead atoms. The molecule has 0 radical (unpaired) electrons. The van der Waals surface area contributed by atoms with E-state index in [9.17, 15) is 4.79 Å². The average molecular weight is 356 g/mol. The number of aryl methyl sites for hydroxylation is 1. The first-order chi connectivity index (χ1) is 8.56. The van der Waals surface area contributed by atoms with E-state index in [1.165, 1.54) is 7.11 Å². The summed E-state index contributed by atoms with van der Waals surface area (Å²) < 4.78 is 7.34. The van der Waals surface area contributed by atoms with Crippen molar-refractivity contribution in [3.05, 3.63) is 44.8 Å². The maximum absolute atomic E-state index is 11.6. The van der Waals surface area contributed by atoms with Crippen molar-refractivity contribution in [3.8, 4) is 5.69 Å². The number of para-hydroxylation sites is 1. The number of hydrogen-bond acceptors (Lipinski definition) is 3. The van der Waals surface area contributed by atoms with Crippen LogP contribution in [0.25, 0.3) is 5.69 Å². The van der Waals surface area contributed by atoms with Crippen LogP contribution in [0.3, 0.4) is 0 Å². The minimum absolute atomic E-state index is 0.360. The lowest BCUT2D eigenvalue weighted by Gasteiger charge is -2.07. The van der Waals surface area contributed by atoms with Crippen LogP contribution in [0.4, 0.5) is 0 Å². The summed E-state index contributed by atoms with van der Waals surface area (Å²) in [5, 5.41) is 4.35. The van der Waals surface area contributed by atoms with Crippen LogP contribution in [0.5, 0.6) is 0 Å². The summed E-state index contributed by atoms with van der Waals surface area (Å²) in [5.74, 6) is -0.408. The quantitative estimate of drug-likeness (QED) is 0.614. The number of esters is 1. The van der Waals surface area contributed by atoms with Gasteiger partial charge >= 0.3 is 5.97 Å². The fraction of sp³-hybridized carbons (Fsp3) is 0.231. The van der Waals surface area contributed by atoms with Gasteiger partial charge in [0.2, 0.25) is 0 Å². The molecule has 94 valence electrons. The summed E-state index contributed by atoms with van der Waals surface area (Å²) in [6, 6.07) is 7.92. The van der Waals surface area contributed by atoms with E-state index in [2.05, 4.69) is 27.7 Å². The number of benzene rings is 1. The van der Waals surface area contributed by atoms with Gasteiger partial charge in [-0.05, 0) is 48.1 Å². The van der Waals surface area contributed by atoms with E-state index < -0.39 is 5.97 Å². The monoisotopic (exact) mass is 356 g/mol. The summed E-state index contributed by atoms with van der Waals surface area (Å²) in [6.45, 7) is 3.95. The van der Waals surface area contributed by atoms with Crippen LogP contribution in [-0.4, -0.2) is 22.9 Å². The molecule has 0 atom stereocenters. The summed E-state index contributed by atoms with van der Waals surface area (Å²) in [4.78, 5) is 11.6. The molecule has 0 aliphatic heterocycles. The molecule has 4 nitrogen and oxygen atoms in total. The van der Waals surface area contributed by atoms with Crippen molar-refractivity contribution >= 4 is 28.6 Å². The molecule has 2 rings (SSSR count). The number of rotatable bonds is 2. The van der Waals surface area contributed by atoms with Crippen molar-refractivity contribution in [1.82, 2.24) is 9.78 Å². The zero-order valence-corrected chi connectivity index (χ0v) is 12.6. The zero-order valence-electron chi connectivity index (χ0n) is 10.4. The normalized spacial score (nSPS) is 10.4. The molecule has 0 spiro atoms. The molecule has 1 heterocycles. The van der Waals surface area contributed by atoms with Gasteiger partial charge in [0.25, 0.3) is 0 Å². The predicted molar refractivity (Wildman–Crippen MR) is 77.1 cm³/mol. The second-order valence-electron chi connectivity index (χ2n) is 3.94. The Morgan fingerprint density at radius 2 is 2.00 bits per heavy atom. The number of nitrogens with zero attached hydrogens (tertiary/aromatic N) is 2. The standard InChI is InChI=1S/C13H13IN2O2/c1-8-6-4-5-7-10(8)16-9(2)11(14)12(15-16)13(17)18-3/h4-7H,1-3H3. The first kappa shape index (κ1) is 13.1. The second kappa shape index (κ2) is 5.09. The van der Waals surface area contributed by atoms with Crippen LogP contribution < -0.4 is 0 Å². The fourth-order valence-electron chi connectivity index (χ4n) is 1.75. The Morgan fingerprint density at radius 1 is 1.33 bits per heavy atom. The van der Waals surface area contributed by atoms with Crippen molar-refractivity contribution in [2.24, 2.45) is 0 Å². The van der Waals surface area contributed by atoms with Gasteiger partial charge in [-0.2, -0.15) is 5.10 Å². The minimum atomic E-state index is -0.408. The summed E-state index contributed by atoms with van der Waals surface area (Å²) in [5.41, 5.74) is 3.38. The maximum atomic E-state index is 11.6. The third-order valence-corrected chi connectivity index (χ3v) is 4.06. The highest BCUT2D eigenvalue weighted by molar-refractivity contribution is 14.1. The Bertz CT molecular complexity index is 605. The molecule has 5 heteroatoms. The maximum Gasteiger partial charge on any atom is 0.359 e. The number of carbonyl (C=O) groups is 1. The highest BCUT2D eigenvalue weighted by atomic mass is 127. The Morgan fingerprint density at radius 3 is 2.61 bits per heavy atom. The highest BCUT2D eigenvalue weighted by Crippen LogP contribution is 2.22. The van der Waals surface area contributed by atoms with Crippen molar-refractivity contribution < 1.29 is 9.53 Å². The van der Waals surface area contributed by atoms with Gasteiger partial charge in [0.05, 0.1) is 22.1 Å². The SMILES string of the molecule is COC(=O)c1nn(-c2ccccc2C)c(C)c1I. The Balaban J connectivity index is 2.60. The number of halogens is 1. The minimum Gasteiger partial charge on any atom is -0.464 e. The summed E-state index contributed by atoms with van der Waals surface area (Å²) in [6.07, 6.45) is 0. The van der Waals surface area contributed by atoms with Gasteiger partial charge in [-0.1, -0.05) is 18.2 Å². The molecule has 0 saturated carbocycles. The lowest BCUT2D eigenvalue weighted by molar-refractivity contribution is 0.0592. The molecule has 1 aromatic heterocycles. The Labute approximate surface area is 119 Å². The van der Waals surface area contributed by atoms with Gasteiger partial charge in [0.15, 0.2) is 5.69 Å². The third-order valence-electron chi connectivity index (χ3n) is 2.77. The molecule has 1 aromatic carbocycles. The van der Waals surface area contributed by atoms with Gasteiger partial charge in [-0.25, -0.2) is 9.48 Å². The molecule has 0 fully saturated rings. The highest BCUT2D eigenvalue weighted by Gasteiger charge is 2.20. The first-order valence-corrected chi connectivity index (χ1v) is 6.53. The average Bonchev–Trinajstić information content (AvgIpc) is 2.67. The van der Waals surface area contributed by atoms with E-state index in [-0.39, 0.29) is 0 Å². The van der Waals surface area contributed by atoms with Gasteiger partial charge in [-0.3, -0.25) is 0 Å². The van der Waals surface area contributed by atoms with E-state index in [4.69, 9.17) is 4.74 Å². The number of carbonyl (C=O) groups excluding carboxylic acids is 1. The van der Waals surface area contributed by atoms with Crippen molar-refractivity contribution in [1.29, 1.82) is 0 Å². The van der Waals surface area contributed by atoms with Crippen LogP contribution in [-0.2, 0) is 4.74 Å². The van der Waals surface area contributed by atoms with E-state index in [0.29, 0.717) is 5.69 Å². The van der Waals surface area contributed by atoms with Gasteiger partial charge < -0.3 is 4.74 Å². The van der Waals surface area contributed by atoms with Crippen LogP contribution in [0.15, 0.2) is 24.3 Å². The van der Waals surface area contributed by atoms with Crippen molar-refractivity contribution in [2.75, 3.05) is 7.11 Å². The zero-order chi connectivity index (χ0) is 13.3. The molecule has 0 aliphatic carbocycles. The molecule has 0 unspecified atom stereocenters. The van der Waals surface area contributed by atoms with Crippen LogP contribution in [0, 0.1) is 17.4 Å². The smallest absolute Gasteiger partial charge is 0.359 e. The van der Waals surface area contributed by atoms with Gasteiger partial charge in [0.1, 0.15) is 0 Å². The number of ether oxygens (including phenoxy) is 1. The molecular formula is C13H13IN2O2. The fourth-order valence-corrected chi connectivity index (χ4v) is 2.30. The number of hydrogen-bond donors (Lipinski definition) is 0. The molecule has 0 saturated heterocycles. The molecular weight excluding hydrogens is 343 g/mol. The number of aromatic nitrogens is 2. The summed E-state index contributed by atoms with van der Waals surface area (Å²) in [7, 11) is 1.36. The number of methoxy groups -OCH3 is 1. The van der Waals surface area contributed by atoms with E-state index in [1.807, 2.05) is 38.1 Å². The van der Waals surface area contributed by atoms with Gasteiger partial charge in [-0.15, -0.1) is 0 Å². The Hall–Kier alpha value is -1.37. The molecule has 18 heavy (non-hydrogen) atoms. The molecule has 0 amide bonds. The lowest BCUT2D eigenvalue weighted by atomic mass is 10.2. The second-order valence-corrected chi connectivity index (χ2v) is 5.02. The van der Waals surface area contributed by atoms with E-state index in [0.717, 1.165) is 20.5 Å². The predicted octanol–water partition coefficient (Wildman–Crippen LogP) is 2.88. The third kappa shape index (κ3) is 2.14. The topological polar surface area (TPSA) is 44.1 Å². The summed E-state index contributed by atoms with van der Waals surface area (Å²) >= 11 is 2.12.